The van der Waals surface area contributed by atoms with Crippen LogP contribution in [0.5, 0.6) is 11.5 Å². The van der Waals surface area contributed by atoms with Crippen LogP contribution in [0.4, 0.5) is 0 Å². The zero-order valence-corrected chi connectivity index (χ0v) is 29.8. The molecule has 13 atom stereocenters. The molecule has 1 unspecified atom stereocenters. The van der Waals surface area contributed by atoms with Gasteiger partial charge in [-0.1, -0.05) is 12.1 Å². The van der Waals surface area contributed by atoms with Crippen LogP contribution in [0.15, 0.2) is 42.7 Å². The predicted octanol–water partition coefficient (Wildman–Crippen LogP) is -1.13. The standard InChI is InChI=1S/C35H42O20/c1-5-17-18-9-10-46-31(44)20(18)12-48-33(17)55-35-30(50-16(4)39)29(49-15(3)38)28(23(53-35)13-47-14(2)37)54-32(45)19-7-6-8-21(24(19)40)51-34-27(43)26(42)25(41)22(11-36)52-34/h5-8,12,17-18,22-23,25-30,33-36,40-43H,1,9-11,13H2,2-4H3/t17-,18+,22+,23+,25+,26+,27-,28?,29+,30-,33+,34-,35+/m1/s1. The minimum atomic E-state index is -1.86. The van der Waals surface area contributed by atoms with E-state index in [-0.39, 0.29) is 12.2 Å². The lowest BCUT2D eigenvalue weighted by atomic mass is 9.81. The average Bonchev–Trinajstić information content (AvgIpc) is 3.13. The van der Waals surface area contributed by atoms with Gasteiger partial charge in [0, 0.05) is 32.6 Å². The summed E-state index contributed by atoms with van der Waals surface area (Å²) in [4.78, 5) is 63.0. The van der Waals surface area contributed by atoms with Gasteiger partial charge in [0.2, 0.25) is 18.9 Å². The van der Waals surface area contributed by atoms with Crippen LogP contribution in [0.1, 0.15) is 37.6 Å². The monoisotopic (exact) mass is 782 g/mol. The van der Waals surface area contributed by atoms with Crippen molar-refractivity contribution in [3.8, 4) is 11.5 Å². The molecule has 4 heterocycles. The third-order valence-corrected chi connectivity index (χ3v) is 9.15. The average molecular weight is 783 g/mol. The van der Waals surface area contributed by atoms with E-state index < -0.39 is 140 Å². The van der Waals surface area contributed by atoms with Gasteiger partial charge in [-0.05, 0) is 18.6 Å². The molecule has 3 fully saturated rings. The maximum absolute atomic E-state index is 13.8. The fourth-order valence-electron chi connectivity index (χ4n) is 6.52. The van der Waals surface area contributed by atoms with Crippen LogP contribution in [-0.4, -0.2) is 143 Å². The summed E-state index contributed by atoms with van der Waals surface area (Å²) in [5.74, 6) is -6.90. The fraction of sp³-hybridized carbons (Fsp3) is 0.571. The summed E-state index contributed by atoms with van der Waals surface area (Å²) in [5.41, 5.74) is -0.309. The molecule has 5 rings (SSSR count). The SMILES string of the molecule is C=C[C@H]1[C@H](O[C@@H]2O[C@@H](COC(C)=O)C(OC(=O)c3cccc(O[C@@H]4O[C@@H](CO)[C@H](O)[C@H](O)[C@H]4O)c3O)[C@H](OC(C)=O)[C@H]2OC(C)=O)OC=C2C(=O)OCC[C@H]21. The fourth-order valence-corrected chi connectivity index (χ4v) is 6.52. The Balaban J connectivity index is 1.45. The lowest BCUT2D eigenvalue weighted by molar-refractivity contribution is -0.341. The molecule has 0 bridgehead atoms. The maximum atomic E-state index is 13.8. The molecule has 1 aromatic carbocycles. The summed E-state index contributed by atoms with van der Waals surface area (Å²) in [6, 6.07) is 3.52. The van der Waals surface area contributed by atoms with Gasteiger partial charge in [0.15, 0.2) is 29.8 Å². The largest absolute Gasteiger partial charge is 0.504 e. The van der Waals surface area contributed by atoms with Crippen molar-refractivity contribution in [2.24, 2.45) is 11.8 Å². The molecule has 0 saturated carbocycles. The Morgan fingerprint density at radius 3 is 2.22 bits per heavy atom. The highest BCUT2D eigenvalue weighted by Gasteiger charge is 2.55. The molecule has 0 radical (unpaired) electrons. The summed E-state index contributed by atoms with van der Waals surface area (Å²) in [6.07, 6.45) is -14.8. The van der Waals surface area contributed by atoms with E-state index in [1.165, 1.54) is 24.5 Å². The molecule has 4 aliphatic rings. The minimum Gasteiger partial charge on any atom is -0.504 e. The smallest absolute Gasteiger partial charge is 0.342 e. The van der Waals surface area contributed by atoms with Crippen LogP contribution in [0.25, 0.3) is 0 Å². The van der Waals surface area contributed by atoms with Crippen LogP contribution in [0.2, 0.25) is 0 Å². The Labute approximate surface area is 313 Å². The van der Waals surface area contributed by atoms with Crippen LogP contribution in [0.3, 0.4) is 0 Å². The Kier molecular flexibility index (Phi) is 13.3. The van der Waals surface area contributed by atoms with Gasteiger partial charge in [0.1, 0.15) is 42.7 Å². The number of aliphatic hydroxyl groups is 4. The second-order valence-corrected chi connectivity index (χ2v) is 12.9. The molecule has 20 heteroatoms. The summed E-state index contributed by atoms with van der Waals surface area (Å²) in [5, 5.41) is 51.2. The predicted molar refractivity (Wildman–Crippen MR) is 175 cm³/mol. The first-order valence-corrected chi connectivity index (χ1v) is 17.1. The quantitative estimate of drug-likeness (QED) is 0.0953. The Bertz CT molecular complexity index is 1640. The number of hydrogen-bond acceptors (Lipinski definition) is 20. The van der Waals surface area contributed by atoms with Gasteiger partial charge in [-0.25, -0.2) is 9.59 Å². The van der Waals surface area contributed by atoms with E-state index >= 15 is 0 Å². The van der Waals surface area contributed by atoms with Crippen molar-refractivity contribution in [1.82, 2.24) is 0 Å². The van der Waals surface area contributed by atoms with E-state index in [0.717, 1.165) is 26.8 Å². The molecule has 4 aliphatic heterocycles. The second-order valence-electron chi connectivity index (χ2n) is 12.9. The molecule has 1 aromatic rings. The van der Waals surface area contributed by atoms with Crippen molar-refractivity contribution in [3.63, 3.8) is 0 Å². The normalized spacial score (nSPS) is 34.3. The lowest BCUT2D eigenvalue weighted by Gasteiger charge is -2.46. The molecular weight excluding hydrogens is 740 g/mol. The zero-order valence-electron chi connectivity index (χ0n) is 29.8. The Morgan fingerprint density at radius 2 is 1.56 bits per heavy atom. The first-order chi connectivity index (χ1) is 26.1. The molecular formula is C35H42O20. The number of hydrogen-bond donors (Lipinski definition) is 5. The molecule has 55 heavy (non-hydrogen) atoms. The number of benzene rings is 1. The summed E-state index contributed by atoms with van der Waals surface area (Å²) in [7, 11) is 0. The third-order valence-electron chi connectivity index (χ3n) is 9.15. The number of para-hydroxylation sites is 1. The molecule has 302 valence electrons. The van der Waals surface area contributed by atoms with Gasteiger partial charge in [0.25, 0.3) is 0 Å². The van der Waals surface area contributed by atoms with E-state index in [1.807, 2.05) is 0 Å². The molecule has 3 saturated heterocycles. The van der Waals surface area contributed by atoms with E-state index in [1.54, 1.807) is 0 Å². The number of carbonyl (C=O) groups is 5. The number of phenolic OH excluding ortho intramolecular Hbond substituents is 1. The third kappa shape index (κ3) is 9.18. The molecule has 0 aromatic heterocycles. The number of carbonyl (C=O) groups excluding carboxylic acids is 5. The van der Waals surface area contributed by atoms with Gasteiger partial charge in [-0.3, -0.25) is 14.4 Å². The Morgan fingerprint density at radius 1 is 0.873 bits per heavy atom. The second kappa shape index (κ2) is 17.8. The number of phenols is 1. The number of esters is 5. The van der Waals surface area contributed by atoms with Crippen molar-refractivity contribution >= 4 is 29.8 Å². The highest BCUT2D eigenvalue weighted by molar-refractivity contribution is 5.93. The minimum absolute atomic E-state index is 0.123. The van der Waals surface area contributed by atoms with Gasteiger partial charge < -0.3 is 72.9 Å². The topological polar surface area (TPSA) is 279 Å². The van der Waals surface area contributed by atoms with Crippen LogP contribution in [0, 0.1) is 11.8 Å². The van der Waals surface area contributed by atoms with Gasteiger partial charge in [0.05, 0.1) is 25.0 Å². The van der Waals surface area contributed by atoms with Crippen molar-refractivity contribution in [2.45, 2.75) is 94.9 Å². The van der Waals surface area contributed by atoms with E-state index in [9.17, 15) is 49.5 Å². The number of aliphatic hydroxyl groups excluding tert-OH is 4. The maximum Gasteiger partial charge on any atom is 0.342 e. The molecule has 0 spiro atoms. The van der Waals surface area contributed by atoms with E-state index in [2.05, 4.69) is 6.58 Å². The first kappa shape index (κ1) is 41.3. The summed E-state index contributed by atoms with van der Waals surface area (Å²) >= 11 is 0. The first-order valence-electron chi connectivity index (χ1n) is 17.1. The lowest BCUT2D eigenvalue weighted by Crippen LogP contribution is -2.63. The van der Waals surface area contributed by atoms with E-state index in [4.69, 9.17) is 47.4 Å². The van der Waals surface area contributed by atoms with Gasteiger partial charge >= 0.3 is 29.8 Å². The zero-order chi connectivity index (χ0) is 40.1. The van der Waals surface area contributed by atoms with Crippen LogP contribution in [-0.2, 0) is 61.8 Å². The summed E-state index contributed by atoms with van der Waals surface area (Å²) < 4.78 is 55.9. The molecule has 20 nitrogen and oxygen atoms in total. The van der Waals surface area contributed by atoms with Crippen molar-refractivity contribution < 1.29 is 96.9 Å². The summed E-state index contributed by atoms with van der Waals surface area (Å²) in [6.45, 7) is 5.72. The van der Waals surface area contributed by atoms with Gasteiger partial charge in [-0.2, -0.15) is 0 Å². The molecule has 0 aliphatic carbocycles. The van der Waals surface area contributed by atoms with Crippen LogP contribution >= 0.6 is 0 Å². The van der Waals surface area contributed by atoms with Gasteiger partial charge in [-0.15, -0.1) is 6.58 Å². The van der Waals surface area contributed by atoms with E-state index in [0.29, 0.717) is 6.42 Å². The van der Waals surface area contributed by atoms with Crippen molar-refractivity contribution in [1.29, 1.82) is 0 Å². The Hall–Kier alpha value is -4.83. The molecule has 5 N–H and O–H groups in total. The van der Waals surface area contributed by atoms with Crippen molar-refractivity contribution in [3.05, 3.63) is 48.3 Å². The number of cyclic esters (lactones) is 1. The number of rotatable bonds is 12. The number of ether oxygens (including phenoxy) is 10. The number of fused-ring (bicyclic) bond motifs is 1. The van der Waals surface area contributed by atoms with Crippen LogP contribution < -0.4 is 4.74 Å². The molecule has 0 amide bonds. The van der Waals surface area contributed by atoms with Crippen molar-refractivity contribution in [2.75, 3.05) is 19.8 Å². The highest BCUT2D eigenvalue weighted by Crippen LogP contribution is 2.40. The number of aromatic hydroxyl groups is 1. The highest BCUT2D eigenvalue weighted by atomic mass is 16.8.